The van der Waals surface area contributed by atoms with Gasteiger partial charge in [-0.2, -0.15) is 0 Å². The zero-order chi connectivity index (χ0) is 15.0. The van der Waals surface area contributed by atoms with Gasteiger partial charge in [0, 0.05) is 12.6 Å². The van der Waals surface area contributed by atoms with Crippen molar-refractivity contribution in [1.29, 1.82) is 0 Å². The summed E-state index contributed by atoms with van der Waals surface area (Å²) in [6.45, 7) is 3.18. The van der Waals surface area contributed by atoms with Gasteiger partial charge in [0.05, 0.1) is 21.9 Å². The van der Waals surface area contributed by atoms with E-state index < -0.39 is 5.82 Å². The molecule has 5 heteroatoms. The highest BCUT2D eigenvalue weighted by molar-refractivity contribution is 6.31. The molecular weight excluding hydrogens is 310 g/mol. The SMILES string of the molecule is CC1CCC(Cn2c(CCl)nc3cc(Cl)c(F)cc32)CC1. The van der Waals surface area contributed by atoms with Gasteiger partial charge < -0.3 is 4.57 Å². The molecule has 0 radical (unpaired) electrons. The van der Waals surface area contributed by atoms with Gasteiger partial charge in [0.15, 0.2) is 0 Å². The van der Waals surface area contributed by atoms with Crippen molar-refractivity contribution in [2.45, 2.75) is 45.0 Å². The minimum atomic E-state index is -0.399. The highest BCUT2D eigenvalue weighted by Gasteiger charge is 2.21. The highest BCUT2D eigenvalue weighted by atomic mass is 35.5. The van der Waals surface area contributed by atoms with Gasteiger partial charge in [0.2, 0.25) is 0 Å². The van der Waals surface area contributed by atoms with E-state index in [4.69, 9.17) is 23.2 Å². The van der Waals surface area contributed by atoms with Crippen LogP contribution in [0.15, 0.2) is 12.1 Å². The van der Waals surface area contributed by atoms with Gasteiger partial charge in [-0.3, -0.25) is 0 Å². The fourth-order valence-electron chi connectivity index (χ4n) is 3.25. The Balaban J connectivity index is 1.94. The predicted molar refractivity (Wildman–Crippen MR) is 85.4 cm³/mol. The second-order valence-electron chi connectivity index (χ2n) is 6.15. The van der Waals surface area contributed by atoms with Crippen LogP contribution in [0.4, 0.5) is 4.39 Å². The second kappa shape index (κ2) is 6.13. The number of halogens is 3. The Morgan fingerprint density at radius 2 is 2.00 bits per heavy atom. The molecule has 1 heterocycles. The number of hydrogen-bond donors (Lipinski definition) is 0. The van der Waals surface area contributed by atoms with Crippen LogP contribution >= 0.6 is 23.2 Å². The molecule has 3 rings (SSSR count). The minimum absolute atomic E-state index is 0.111. The molecule has 1 fully saturated rings. The number of hydrogen-bond acceptors (Lipinski definition) is 1. The van der Waals surface area contributed by atoms with Crippen LogP contribution in [0.25, 0.3) is 11.0 Å². The van der Waals surface area contributed by atoms with Crippen LogP contribution in [0.3, 0.4) is 0 Å². The maximum atomic E-state index is 13.8. The first-order chi connectivity index (χ1) is 10.1. The molecule has 1 aromatic carbocycles. The predicted octanol–water partition coefficient (Wildman–Crippen LogP) is 5.39. The summed E-state index contributed by atoms with van der Waals surface area (Å²) in [5.74, 6) is 2.18. The summed E-state index contributed by atoms with van der Waals surface area (Å²) >= 11 is 11.9. The van der Waals surface area contributed by atoms with Gasteiger partial charge >= 0.3 is 0 Å². The van der Waals surface area contributed by atoms with E-state index in [0.717, 1.165) is 29.3 Å². The van der Waals surface area contributed by atoms with Gasteiger partial charge in [-0.15, -0.1) is 11.6 Å². The molecule has 0 amide bonds. The molecule has 1 aliphatic rings. The monoisotopic (exact) mass is 328 g/mol. The van der Waals surface area contributed by atoms with Crippen molar-refractivity contribution in [3.8, 4) is 0 Å². The number of rotatable bonds is 3. The third-order valence-corrected chi connectivity index (χ3v) is 5.09. The first-order valence-corrected chi connectivity index (χ1v) is 8.40. The summed E-state index contributed by atoms with van der Waals surface area (Å²) in [7, 11) is 0. The van der Waals surface area contributed by atoms with Crippen LogP contribution in [-0.4, -0.2) is 9.55 Å². The molecular formula is C16H19Cl2FN2. The molecule has 2 aromatic rings. The number of fused-ring (bicyclic) bond motifs is 1. The summed E-state index contributed by atoms with van der Waals surface area (Å²) in [5, 5.41) is 0.111. The van der Waals surface area contributed by atoms with Crippen molar-refractivity contribution < 1.29 is 4.39 Å². The van der Waals surface area contributed by atoms with Gasteiger partial charge in [-0.1, -0.05) is 31.4 Å². The van der Waals surface area contributed by atoms with Gasteiger partial charge in [-0.05, 0) is 30.7 Å². The Morgan fingerprint density at radius 3 is 2.67 bits per heavy atom. The van der Waals surface area contributed by atoms with E-state index in [9.17, 15) is 4.39 Å². The molecule has 1 aliphatic carbocycles. The Labute approximate surface area is 134 Å². The average molecular weight is 329 g/mol. The number of imidazole rings is 1. The highest BCUT2D eigenvalue weighted by Crippen LogP contribution is 2.31. The normalized spacial score (nSPS) is 22.9. The quantitative estimate of drug-likeness (QED) is 0.690. The van der Waals surface area contributed by atoms with Crippen LogP contribution in [-0.2, 0) is 12.4 Å². The van der Waals surface area contributed by atoms with E-state index in [1.807, 2.05) is 0 Å². The van der Waals surface area contributed by atoms with Crippen molar-refractivity contribution in [3.05, 3.63) is 28.8 Å². The van der Waals surface area contributed by atoms with E-state index in [1.54, 1.807) is 6.07 Å². The first-order valence-electron chi connectivity index (χ1n) is 7.48. The molecule has 0 unspecified atom stereocenters. The third kappa shape index (κ3) is 3.04. The van der Waals surface area contributed by atoms with Gasteiger partial charge in [0.25, 0.3) is 0 Å². The first kappa shape index (κ1) is 15.1. The van der Waals surface area contributed by atoms with Crippen molar-refractivity contribution in [2.75, 3.05) is 0 Å². The van der Waals surface area contributed by atoms with Gasteiger partial charge in [-0.25, -0.2) is 9.37 Å². The number of benzene rings is 1. The zero-order valence-corrected chi connectivity index (χ0v) is 13.6. The maximum absolute atomic E-state index is 13.8. The van der Waals surface area contributed by atoms with Crippen LogP contribution in [0, 0.1) is 17.7 Å². The zero-order valence-electron chi connectivity index (χ0n) is 12.1. The topological polar surface area (TPSA) is 17.8 Å². The number of aromatic nitrogens is 2. The molecule has 0 bridgehead atoms. The van der Waals surface area contributed by atoms with Crippen LogP contribution in [0.5, 0.6) is 0 Å². The fourth-order valence-corrected chi connectivity index (χ4v) is 3.61. The number of nitrogens with zero attached hydrogens (tertiary/aromatic N) is 2. The van der Waals surface area contributed by atoms with E-state index in [-0.39, 0.29) is 5.02 Å². The molecule has 0 N–H and O–H groups in total. The Kier molecular flexibility index (Phi) is 4.41. The summed E-state index contributed by atoms with van der Waals surface area (Å²) in [6, 6.07) is 3.06. The molecule has 0 atom stereocenters. The summed E-state index contributed by atoms with van der Waals surface area (Å²) < 4.78 is 15.8. The second-order valence-corrected chi connectivity index (χ2v) is 6.83. The van der Waals surface area contributed by atoms with E-state index >= 15 is 0 Å². The lowest BCUT2D eigenvalue weighted by atomic mass is 9.83. The van der Waals surface area contributed by atoms with Crippen molar-refractivity contribution in [3.63, 3.8) is 0 Å². The molecule has 21 heavy (non-hydrogen) atoms. The lowest BCUT2D eigenvalue weighted by Gasteiger charge is -2.27. The Morgan fingerprint density at radius 1 is 1.29 bits per heavy atom. The lowest BCUT2D eigenvalue weighted by Crippen LogP contribution is -2.18. The van der Waals surface area contributed by atoms with Crippen molar-refractivity contribution >= 4 is 34.2 Å². The lowest BCUT2D eigenvalue weighted by molar-refractivity contribution is 0.265. The van der Waals surface area contributed by atoms with E-state index in [1.165, 1.54) is 31.7 Å². The van der Waals surface area contributed by atoms with Crippen LogP contribution in [0.2, 0.25) is 5.02 Å². The molecule has 1 aromatic heterocycles. The summed E-state index contributed by atoms with van der Waals surface area (Å²) in [4.78, 5) is 4.49. The largest absolute Gasteiger partial charge is 0.327 e. The average Bonchev–Trinajstić information content (AvgIpc) is 2.79. The van der Waals surface area contributed by atoms with Crippen molar-refractivity contribution in [2.24, 2.45) is 11.8 Å². The summed E-state index contributed by atoms with van der Waals surface area (Å²) in [5.41, 5.74) is 1.52. The standard InChI is InChI=1S/C16H19Cl2FN2/c1-10-2-4-11(5-3-10)9-21-15-7-13(19)12(18)6-14(15)20-16(21)8-17/h6-7,10-11H,2-5,8-9H2,1H3. The van der Waals surface area contributed by atoms with E-state index in [2.05, 4.69) is 16.5 Å². The fraction of sp³-hybridized carbons (Fsp3) is 0.562. The molecule has 1 saturated carbocycles. The molecule has 0 aliphatic heterocycles. The minimum Gasteiger partial charge on any atom is -0.327 e. The molecule has 2 nitrogen and oxygen atoms in total. The maximum Gasteiger partial charge on any atom is 0.144 e. The molecule has 0 saturated heterocycles. The molecule has 114 valence electrons. The van der Waals surface area contributed by atoms with Gasteiger partial charge in [0.1, 0.15) is 11.6 Å². The van der Waals surface area contributed by atoms with Crippen molar-refractivity contribution in [1.82, 2.24) is 9.55 Å². The Bertz CT molecular complexity index is 645. The van der Waals surface area contributed by atoms with E-state index in [0.29, 0.717) is 11.8 Å². The van der Waals surface area contributed by atoms with Crippen LogP contribution < -0.4 is 0 Å². The number of alkyl halides is 1. The Hall–Kier alpha value is -0.800. The molecule has 0 spiro atoms. The summed E-state index contributed by atoms with van der Waals surface area (Å²) in [6.07, 6.45) is 4.98. The third-order valence-electron chi connectivity index (χ3n) is 4.57. The smallest absolute Gasteiger partial charge is 0.144 e. The van der Waals surface area contributed by atoms with Crippen LogP contribution in [0.1, 0.15) is 38.4 Å².